The Morgan fingerprint density at radius 2 is 2.17 bits per heavy atom. The van der Waals surface area contributed by atoms with Crippen molar-refractivity contribution in [2.75, 3.05) is 32.5 Å². The quantitative estimate of drug-likeness (QED) is 0.182. The first-order valence-corrected chi connectivity index (χ1v) is 13.9. The molecule has 1 fully saturated rings. The van der Waals surface area contributed by atoms with E-state index in [-0.39, 0.29) is 19.4 Å². The van der Waals surface area contributed by atoms with E-state index >= 15 is 4.39 Å². The van der Waals surface area contributed by atoms with Gasteiger partial charge in [-0.25, -0.2) is 9.87 Å². The SMILES string of the molecule is COc1ccc2ncc(CO)c(C(F)CCC3(C(=O)NO)CCN(CCSc4cccs4)CC3)c2c1. The number of carbonyl (C=O) groups excluding carboxylic acids is 1. The van der Waals surface area contributed by atoms with Gasteiger partial charge in [-0.15, -0.1) is 23.1 Å². The number of aliphatic hydroxyl groups is 1. The highest BCUT2D eigenvalue weighted by Gasteiger charge is 2.41. The largest absolute Gasteiger partial charge is 0.497 e. The Kier molecular flexibility index (Phi) is 9.19. The average molecular weight is 534 g/mol. The highest BCUT2D eigenvalue weighted by atomic mass is 32.2. The smallest absolute Gasteiger partial charge is 0.249 e. The second kappa shape index (κ2) is 12.3. The predicted molar refractivity (Wildman–Crippen MR) is 140 cm³/mol. The summed E-state index contributed by atoms with van der Waals surface area (Å²) in [7, 11) is 1.54. The van der Waals surface area contributed by atoms with Crippen molar-refractivity contribution in [3.8, 4) is 5.75 Å². The molecule has 1 unspecified atom stereocenters. The van der Waals surface area contributed by atoms with Gasteiger partial charge in [0.2, 0.25) is 5.91 Å². The fourth-order valence-corrected chi connectivity index (χ4v) is 6.80. The highest BCUT2D eigenvalue weighted by Crippen LogP contribution is 2.41. The fraction of sp³-hybridized carbons (Fsp3) is 0.462. The predicted octanol–water partition coefficient (Wildman–Crippen LogP) is 4.97. The minimum atomic E-state index is -1.41. The Bertz CT molecular complexity index is 1150. The monoisotopic (exact) mass is 533 g/mol. The number of halogens is 1. The molecular formula is C26H32FN3O4S2. The van der Waals surface area contributed by atoms with Crippen molar-refractivity contribution < 1.29 is 24.2 Å². The minimum absolute atomic E-state index is 0.0883. The second-order valence-corrected chi connectivity index (χ2v) is 11.4. The number of hydrogen-bond acceptors (Lipinski definition) is 8. The third-order valence-corrected chi connectivity index (χ3v) is 9.21. The number of thiophene rings is 1. The maximum Gasteiger partial charge on any atom is 0.249 e. The first-order chi connectivity index (χ1) is 17.5. The Hall–Kier alpha value is -2.24. The molecule has 0 saturated carbocycles. The van der Waals surface area contributed by atoms with E-state index in [1.807, 2.05) is 23.3 Å². The fourth-order valence-electron chi connectivity index (χ4n) is 4.94. The summed E-state index contributed by atoms with van der Waals surface area (Å²) in [6.45, 7) is 2.01. The van der Waals surface area contributed by atoms with Crippen molar-refractivity contribution in [1.29, 1.82) is 0 Å². The van der Waals surface area contributed by atoms with Crippen molar-refractivity contribution in [1.82, 2.24) is 15.4 Å². The molecule has 3 N–H and O–H groups in total. The summed E-state index contributed by atoms with van der Waals surface area (Å²) in [5, 5.41) is 22.0. The summed E-state index contributed by atoms with van der Waals surface area (Å²) in [5.41, 5.74) is 2.41. The molecule has 4 rings (SSSR count). The Morgan fingerprint density at radius 3 is 2.83 bits per heavy atom. The number of thioether (sulfide) groups is 1. The molecule has 7 nitrogen and oxygen atoms in total. The summed E-state index contributed by atoms with van der Waals surface area (Å²) >= 11 is 3.55. The van der Waals surface area contributed by atoms with Gasteiger partial charge in [-0.2, -0.15) is 0 Å². The number of hydroxylamine groups is 1. The van der Waals surface area contributed by atoms with Crippen LogP contribution in [0.25, 0.3) is 10.9 Å². The zero-order chi connectivity index (χ0) is 25.5. The average Bonchev–Trinajstić information content (AvgIpc) is 3.44. The van der Waals surface area contributed by atoms with Gasteiger partial charge in [0, 0.05) is 35.0 Å². The van der Waals surface area contributed by atoms with E-state index in [1.54, 1.807) is 36.6 Å². The Labute approximate surface area is 218 Å². The molecule has 0 radical (unpaired) electrons. The number of rotatable bonds is 11. The third-order valence-electron chi connectivity index (χ3n) is 7.10. The van der Waals surface area contributed by atoms with E-state index in [1.165, 1.54) is 10.4 Å². The van der Waals surface area contributed by atoms with Crippen LogP contribution in [0.2, 0.25) is 0 Å². The number of likely N-dealkylation sites (tertiary alicyclic amines) is 1. The van der Waals surface area contributed by atoms with Crippen LogP contribution in [0.15, 0.2) is 46.1 Å². The second-order valence-electron chi connectivity index (χ2n) is 9.09. The lowest BCUT2D eigenvalue weighted by molar-refractivity contribution is -0.143. The van der Waals surface area contributed by atoms with Crippen LogP contribution in [0.3, 0.4) is 0 Å². The third kappa shape index (κ3) is 6.00. The highest BCUT2D eigenvalue weighted by molar-refractivity contribution is 8.01. The lowest BCUT2D eigenvalue weighted by Gasteiger charge is -2.40. The lowest BCUT2D eigenvalue weighted by Crippen LogP contribution is -2.48. The number of benzene rings is 1. The van der Waals surface area contributed by atoms with Crippen LogP contribution in [0.4, 0.5) is 4.39 Å². The molecule has 2 aromatic heterocycles. The molecule has 36 heavy (non-hydrogen) atoms. The van der Waals surface area contributed by atoms with Gasteiger partial charge in [0.15, 0.2) is 0 Å². The number of ether oxygens (including phenoxy) is 1. The first kappa shape index (κ1) is 26.8. The van der Waals surface area contributed by atoms with Gasteiger partial charge in [-0.3, -0.25) is 15.0 Å². The molecule has 3 heterocycles. The summed E-state index contributed by atoms with van der Waals surface area (Å²) in [6.07, 6.45) is 1.57. The standard InChI is InChI=1S/C26H32FN3O4S2/c1-34-19-4-5-22-20(15-19)24(18(17-31)16-28-22)21(27)6-7-26(25(32)29-33)8-10-30(11-9-26)12-14-36-23-3-2-13-35-23/h2-5,13,15-16,21,31,33H,6-12,14,17H2,1H3,(H,29,32). The lowest BCUT2D eigenvalue weighted by atomic mass is 9.73. The molecule has 1 aliphatic heterocycles. The number of hydrogen-bond donors (Lipinski definition) is 3. The molecule has 194 valence electrons. The summed E-state index contributed by atoms with van der Waals surface area (Å²) in [6, 6.07) is 9.41. The molecule has 1 aliphatic rings. The van der Waals surface area contributed by atoms with Crippen LogP contribution in [0.5, 0.6) is 5.75 Å². The number of pyridine rings is 1. The number of aromatic nitrogens is 1. The number of piperidine rings is 1. The van der Waals surface area contributed by atoms with E-state index < -0.39 is 17.5 Å². The maximum atomic E-state index is 15.8. The first-order valence-electron chi connectivity index (χ1n) is 12.0. The van der Waals surface area contributed by atoms with Crippen molar-refractivity contribution in [2.45, 2.75) is 42.7 Å². The van der Waals surface area contributed by atoms with Crippen LogP contribution in [-0.4, -0.2) is 58.6 Å². The zero-order valence-corrected chi connectivity index (χ0v) is 21.9. The van der Waals surface area contributed by atoms with Gasteiger partial charge < -0.3 is 14.7 Å². The van der Waals surface area contributed by atoms with E-state index in [2.05, 4.69) is 21.3 Å². The van der Waals surface area contributed by atoms with Crippen LogP contribution < -0.4 is 10.2 Å². The van der Waals surface area contributed by atoms with Crippen molar-refractivity contribution in [2.24, 2.45) is 5.41 Å². The number of aliphatic hydroxyl groups excluding tert-OH is 1. The topological polar surface area (TPSA) is 94.9 Å². The number of alkyl halides is 1. The number of carbonyl (C=O) groups is 1. The molecule has 0 bridgehead atoms. The Morgan fingerprint density at radius 1 is 1.36 bits per heavy atom. The normalized spacial score (nSPS) is 16.7. The van der Waals surface area contributed by atoms with Gasteiger partial charge in [0.1, 0.15) is 11.9 Å². The van der Waals surface area contributed by atoms with Gasteiger partial charge in [-0.1, -0.05) is 6.07 Å². The molecule has 1 saturated heterocycles. The molecule has 1 atom stereocenters. The molecule has 0 aliphatic carbocycles. The molecular weight excluding hydrogens is 501 g/mol. The van der Waals surface area contributed by atoms with Crippen molar-refractivity contribution >= 4 is 39.9 Å². The van der Waals surface area contributed by atoms with E-state index in [0.717, 1.165) is 12.3 Å². The van der Waals surface area contributed by atoms with Gasteiger partial charge in [0.05, 0.1) is 28.9 Å². The molecule has 3 aromatic rings. The summed E-state index contributed by atoms with van der Waals surface area (Å²) < 4.78 is 22.4. The van der Waals surface area contributed by atoms with E-state index in [0.29, 0.717) is 53.7 Å². The van der Waals surface area contributed by atoms with Crippen molar-refractivity contribution in [3.63, 3.8) is 0 Å². The number of fused-ring (bicyclic) bond motifs is 1. The molecule has 1 aromatic carbocycles. The van der Waals surface area contributed by atoms with Crippen LogP contribution in [0, 0.1) is 5.41 Å². The van der Waals surface area contributed by atoms with Crippen molar-refractivity contribution in [3.05, 3.63) is 53.0 Å². The maximum absolute atomic E-state index is 15.8. The number of methoxy groups -OCH3 is 1. The van der Waals surface area contributed by atoms with Gasteiger partial charge >= 0.3 is 0 Å². The number of nitrogens with zero attached hydrogens (tertiary/aromatic N) is 2. The Balaban J connectivity index is 1.44. The summed E-state index contributed by atoms with van der Waals surface area (Å²) in [5.74, 6) is 1.09. The summed E-state index contributed by atoms with van der Waals surface area (Å²) in [4.78, 5) is 19.4. The van der Waals surface area contributed by atoms with E-state index in [4.69, 9.17) is 4.74 Å². The minimum Gasteiger partial charge on any atom is -0.497 e. The van der Waals surface area contributed by atoms with Crippen LogP contribution in [0.1, 0.15) is 43.0 Å². The number of amides is 1. The number of nitrogens with one attached hydrogen (secondary N) is 1. The van der Waals surface area contributed by atoms with Crippen LogP contribution in [-0.2, 0) is 11.4 Å². The van der Waals surface area contributed by atoms with Crippen LogP contribution >= 0.6 is 23.1 Å². The van der Waals surface area contributed by atoms with Gasteiger partial charge in [0.25, 0.3) is 0 Å². The van der Waals surface area contributed by atoms with Gasteiger partial charge in [-0.05, 0) is 68.4 Å². The molecule has 10 heteroatoms. The zero-order valence-electron chi connectivity index (χ0n) is 20.3. The van der Waals surface area contributed by atoms with E-state index in [9.17, 15) is 15.1 Å². The molecule has 1 amide bonds. The molecule has 0 spiro atoms.